The lowest BCUT2D eigenvalue weighted by molar-refractivity contribution is -0.414. The molecule has 0 aromatic heterocycles. The molecule has 0 N–H and O–H groups in total. The lowest BCUT2D eigenvalue weighted by Crippen LogP contribution is -2.69. The highest BCUT2D eigenvalue weighted by Crippen LogP contribution is 2.58. The summed E-state index contributed by atoms with van der Waals surface area (Å²) >= 11 is 0. The molecular weight excluding hydrogens is 425 g/mol. The van der Waals surface area contributed by atoms with Crippen LogP contribution in [-0.2, 0) is 9.53 Å². The Morgan fingerprint density at radius 2 is 1.08 bits per heavy atom. The summed E-state index contributed by atoms with van der Waals surface area (Å²) < 4.78 is 189. The summed E-state index contributed by atoms with van der Waals surface area (Å²) in [6.07, 6.45) is -11.8. The number of carbonyl (C=O) groups excluding carboxylic acids is 1. The average molecular weight is 428 g/mol. The first-order valence-corrected chi connectivity index (χ1v) is 5.48. The molecule has 0 rings (SSSR count). The third-order valence-electron chi connectivity index (χ3n) is 2.56. The highest BCUT2D eigenvalue weighted by Gasteiger charge is 2.88. The Morgan fingerprint density at radius 3 is 1.38 bits per heavy atom. The van der Waals surface area contributed by atoms with E-state index in [4.69, 9.17) is 0 Å². The zero-order valence-electron chi connectivity index (χ0n) is 11.3. The van der Waals surface area contributed by atoms with E-state index in [2.05, 4.69) is 4.74 Å². The molecule has 0 unspecified atom stereocenters. The molecule has 0 amide bonds. The minimum absolute atomic E-state index is 2.49. The largest absolute Gasteiger partial charge is 0.490 e. The smallest absolute Gasteiger partial charge is 0.452 e. The van der Waals surface area contributed by atoms with E-state index >= 15 is 0 Å². The van der Waals surface area contributed by atoms with Gasteiger partial charge >= 0.3 is 48.2 Å². The second-order valence-electron chi connectivity index (χ2n) is 4.43. The first-order valence-electron chi connectivity index (χ1n) is 5.48. The van der Waals surface area contributed by atoms with Gasteiger partial charge in [0.25, 0.3) is 0 Å². The summed E-state index contributed by atoms with van der Waals surface area (Å²) in [4.78, 5) is 10.1. The van der Waals surface area contributed by atoms with Gasteiger partial charge in [-0.1, -0.05) is 0 Å². The van der Waals surface area contributed by atoms with Crippen LogP contribution in [0.3, 0.4) is 0 Å². The standard InChI is InChI=1S/C9H3F15O2/c10-2(11)5(14,15)8(21,22)9(23,24)7(19,20)4(12,13)1-26-3(25)6(16,17)18/h2H,1H2. The number of halogens is 15. The molecule has 0 aromatic rings. The maximum atomic E-state index is 13.0. The highest BCUT2D eigenvalue weighted by molar-refractivity contribution is 5.75. The zero-order valence-corrected chi connectivity index (χ0v) is 11.3. The Hall–Kier alpha value is -1.58. The number of alkyl halides is 15. The van der Waals surface area contributed by atoms with Gasteiger partial charge in [-0.05, 0) is 0 Å². The Morgan fingerprint density at radius 1 is 0.692 bits per heavy atom. The van der Waals surface area contributed by atoms with Crippen LogP contribution in [0.5, 0.6) is 0 Å². The Balaban J connectivity index is 5.85. The SMILES string of the molecule is O=C(OCC(F)(F)C(F)(F)C(F)(F)C(F)(F)C(F)(F)C(F)F)C(F)(F)F. The van der Waals surface area contributed by atoms with Crippen LogP contribution >= 0.6 is 0 Å². The zero-order chi connectivity index (χ0) is 21.6. The van der Waals surface area contributed by atoms with Crippen molar-refractivity contribution in [3.63, 3.8) is 0 Å². The van der Waals surface area contributed by atoms with Crippen molar-refractivity contribution in [3.8, 4) is 0 Å². The molecule has 26 heavy (non-hydrogen) atoms. The van der Waals surface area contributed by atoms with E-state index in [0.29, 0.717) is 0 Å². The molecule has 0 spiro atoms. The van der Waals surface area contributed by atoms with E-state index in [9.17, 15) is 70.7 Å². The molecule has 0 saturated heterocycles. The van der Waals surface area contributed by atoms with Gasteiger partial charge in [0.2, 0.25) is 0 Å². The number of ether oxygens (including phenoxy) is 1. The fraction of sp³-hybridized carbons (Fsp3) is 0.889. The van der Waals surface area contributed by atoms with Crippen molar-refractivity contribution in [1.82, 2.24) is 0 Å². The van der Waals surface area contributed by atoms with Gasteiger partial charge in [0.15, 0.2) is 6.61 Å². The van der Waals surface area contributed by atoms with E-state index < -0.39 is 54.8 Å². The maximum Gasteiger partial charge on any atom is 0.490 e. The van der Waals surface area contributed by atoms with E-state index in [-0.39, 0.29) is 0 Å². The van der Waals surface area contributed by atoms with Gasteiger partial charge in [-0.3, -0.25) is 0 Å². The molecule has 156 valence electrons. The van der Waals surface area contributed by atoms with Gasteiger partial charge in [0.05, 0.1) is 0 Å². The molecule has 0 heterocycles. The van der Waals surface area contributed by atoms with Crippen LogP contribution in [0.25, 0.3) is 0 Å². The highest BCUT2D eigenvalue weighted by atomic mass is 19.4. The molecule has 0 aliphatic rings. The summed E-state index contributed by atoms with van der Waals surface area (Å²) in [7, 11) is 0. The van der Waals surface area contributed by atoms with E-state index in [1.165, 1.54) is 0 Å². The van der Waals surface area contributed by atoms with Crippen molar-refractivity contribution >= 4 is 5.97 Å². The lowest BCUT2D eigenvalue weighted by Gasteiger charge is -2.38. The van der Waals surface area contributed by atoms with E-state index in [0.717, 1.165) is 0 Å². The molecule has 0 fully saturated rings. The predicted molar refractivity (Wildman–Crippen MR) is 47.8 cm³/mol. The molecule has 0 atom stereocenters. The maximum absolute atomic E-state index is 13.0. The van der Waals surface area contributed by atoms with Crippen molar-refractivity contribution in [2.75, 3.05) is 6.61 Å². The topological polar surface area (TPSA) is 26.3 Å². The average Bonchev–Trinajstić information content (AvgIpc) is 2.42. The fourth-order valence-corrected chi connectivity index (χ4v) is 1.10. The number of rotatable bonds is 7. The van der Waals surface area contributed by atoms with Crippen molar-refractivity contribution < 1.29 is 75.4 Å². The van der Waals surface area contributed by atoms with Crippen LogP contribution in [0.2, 0.25) is 0 Å². The second kappa shape index (κ2) is 6.54. The summed E-state index contributed by atoms with van der Waals surface area (Å²) in [5.41, 5.74) is 0. The monoisotopic (exact) mass is 428 g/mol. The van der Waals surface area contributed by atoms with Gasteiger partial charge < -0.3 is 4.74 Å². The Kier molecular flexibility index (Phi) is 6.14. The van der Waals surface area contributed by atoms with Crippen LogP contribution < -0.4 is 0 Å². The third kappa shape index (κ3) is 3.74. The first kappa shape index (κ1) is 24.4. The van der Waals surface area contributed by atoms with E-state index in [1.54, 1.807) is 0 Å². The van der Waals surface area contributed by atoms with Gasteiger partial charge in [-0.25, -0.2) is 13.6 Å². The Labute approximate surface area is 131 Å². The molecule has 0 radical (unpaired) electrons. The third-order valence-corrected chi connectivity index (χ3v) is 2.56. The van der Waals surface area contributed by atoms with Crippen molar-refractivity contribution in [2.24, 2.45) is 0 Å². The number of esters is 1. The molecule has 17 heteroatoms. The summed E-state index contributed by atoms with van der Waals surface area (Å²) in [5.74, 6) is -41.0. The molecule has 0 bridgehead atoms. The molecule has 0 aliphatic carbocycles. The summed E-state index contributed by atoms with van der Waals surface area (Å²) in [5, 5.41) is 0. The van der Waals surface area contributed by atoms with Gasteiger partial charge in [-0.2, -0.15) is 57.1 Å². The molecule has 0 saturated carbocycles. The molecule has 2 nitrogen and oxygen atoms in total. The van der Waals surface area contributed by atoms with E-state index in [1.807, 2.05) is 0 Å². The van der Waals surface area contributed by atoms with Crippen molar-refractivity contribution in [3.05, 3.63) is 0 Å². The first-order chi connectivity index (χ1) is 11.1. The molecular formula is C9H3F15O2. The van der Waals surface area contributed by atoms with Crippen LogP contribution in [0.15, 0.2) is 0 Å². The number of carbonyl (C=O) groups is 1. The molecule has 0 aromatic carbocycles. The van der Waals surface area contributed by atoms with Crippen LogP contribution in [-0.4, -0.2) is 54.8 Å². The predicted octanol–water partition coefficient (Wildman–Crippen LogP) is 4.53. The van der Waals surface area contributed by atoms with Gasteiger partial charge in [-0.15, -0.1) is 0 Å². The number of hydrogen-bond donors (Lipinski definition) is 0. The summed E-state index contributed by atoms with van der Waals surface area (Å²) in [6.45, 7) is -3.61. The van der Waals surface area contributed by atoms with Gasteiger partial charge in [0.1, 0.15) is 0 Å². The minimum atomic E-state index is -7.91. The minimum Gasteiger partial charge on any atom is -0.452 e. The fourth-order valence-electron chi connectivity index (χ4n) is 1.10. The van der Waals surface area contributed by atoms with Crippen molar-refractivity contribution in [2.45, 2.75) is 42.2 Å². The normalized spacial score (nSPS) is 15.4. The lowest BCUT2D eigenvalue weighted by atomic mass is 9.94. The second-order valence-corrected chi connectivity index (χ2v) is 4.43. The summed E-state index contributed by atoms with van der Waals surface area (Å²) in [6, 6.07) is 0. The van der Waals surface area contributed by atoms with Gasteiger partial charge in [0, 0.05) is 0 Å². The quantitative estimate of drug-likeness (QED) is 0.440. The van der Waals surface area contributed by atoms with Crippen LogP contribution in [0, 0.1) is 0 Å². The number of hydrogen-bond acceptors (Lipinski definition) is 2. The van der Waals surface area contributed by atoms with Crippen LogP contribution in [0.4, 0.5) is 65.9 Å². The molecule has 0 aliphatic heterocycles. The van der Waals surface area contributed by atoms with Crippen molar-refractivity contribution in [1.29, 1.82) is 0 Å². The van der Waals surface area contributed by atoms with Crippen LogP contribution in [0.1, 0.15) is 0 Å². The Bertz CT molecular complexity index is 520.